The lowest BCUT2D eigenvalue weighted by molar-refractivity contribution is -0.119. The minimum absolute atomic E-state index is 0.0783. The van der Waals surface area contributed by atoms with Crippen molar-refractivity contribution in [1.82, 2.24) is 5.32 Å². The number of nitrogens with one attached hydrogen (secondary N) is 1. The lowest BCUT2D eigenvalue weighted by atomic mass is 10.2. The average molecular weight is 503 g/mol. The van der Waals surface area contributed by atoms with Gasteiger partial charge >= 0.3 is 0 Å². The highest BCUT2D eigenvalue weighted by Crippen LogP contribution is 2.32. The lowest BCUT2D eigenvalue weighted by Gasteiger charge is -2.26. The van der Waals surface area contributed by atoms with Crippen LogP contribution in [0.5, 0.6) is 5.75 Å². The van der Waals surface area contributed by atoms with Gasteiger partial charge in [-0.05, 0) is 42.8 Å². The van der Waals surface area contributed by atoms with Gasteiger partial charge in [-0.2, -0.15) is 11.8 Å². The summed E-state index contributed by atoms with van der Waals surface area (Å²) in [5, 5.41) is 2.76. The second kappa shape index (κ2) is 12.4. The van der Waals surface area contributed by atoms with E-state index >= 15 is 0 Å². The largest absolute Gasteiger partial charge is 0.492 e. The number of benzene rings is 3. The van der Waals surface area contributed by atoms with Crippen LogP contribution in [0, 0.1) is 5.82 Å². The van der Waals surface area contributed by atoms with Crippen molar-refractivity contribution in [1.29, 1.82) is 0 Å². The fraction of sp³-hybridized carbons (Fsp3) is 0.240. The second-order valence-corrected chi connectivity index (χ2v) is 10.2. The molecule has 0 aromatic heterocycles. The van der Waals surface area contributed by atoms with Crippen molar-refractivity contribution < 1.29 is 22.3 Å². The molecule has 34 heavy (non-hydrogen) atoms. The number of anilines is 1. The fourth-order valence-electron chi connectivity index (χ4n) is 3.21. The van der Waals surface area contributed by atoms with Crippen LogP contribution < -0.4 is 14.4 Å². The molecule has 0 aliphatic carbocycles. The van der Waals surface area contributed by atoms with Gasteiger partial charge in [-0.25, -0.2) is 12.8 Å². The van der Waals surface area contributed by atoms with Gasteiger partial charge in [0.25, 0.3) is 10.0 Å². The third-order valence-electron chi connectivity index (χ3n) is 4.84. The summed E-state index contributed by atoms with van der Waals surface area (Å²) in [4.78, 5) is 12.8. The molecule has 6 nitrogen and oxygen atoms in total. The van der Waals surface area contributed by atoms with Crippen molar-refractivity contribution in [3.8, 4) is 5.75 Å². The number of thioether (sulfide) groups is 1. The summed E-state index contributed by atoms with van der Waals surface area (Å²) < 4.78 is 47.3. The van der Waals surface area contributed by atoms with Crippen LogP contribution >= 0.6 is 11.8 Å². The van der Waals surface area contributed by atoms with Crippen LogP contribution in [0.2, 0.25) is 0 Å². The Bertz CT molecular complexity index is 1190. The van der Waals surface area contributed by atoms with E-state index in [4.69, 9.17) is 4.74 Å². The quantitative estimate of drug-likeness (QED) is 0.370. The molecule has 0 saturated carbocycles. The first-order valence-electron chi connectivity index (χ1n) is 10.8. The molecule has 0 bridgehead atoms. The van der Waals surface area contributed by atoms with Crippen LogP contribution in [0.3, 0.4) is 0 Å². The molecule has 0 aliphatic rings. The Balaban J connectivity index is 1.69. The summed E-state index contributed by atoms with van der Waals surface area (Å²) in [6.45, 7) is 2.07. The molecule has 3 rings (SSSR count). The highest BCUT2D eigenvalue weighted by atomic mass is 32.2. The number of nitrogens with zero attached hydrogens (tertiary/aromatic N) is 1. The molecular weight excluding hydrogens is 475 g/mol. The second-order valence-electron chi connectivity index (χ2n) is 7.22. The normalized spacial score (nSPS) is 11.1. The predicted octanol–water partition coefficient (Wildman–Crippen LogP) is 4.47. The zero-order valence-electron chi connectivity index (χ0n) is 18.8. The summed E-state index contributed by atoms with van der Waals surface area (Å²) in [6.07, 6.45) is 0. The number of hydrogen-bond acceptors (Lipinski definition) is 5. The third kappa shape index (κ3) is 6.74. The van der Waals surface area contributed by atoms with E-state index in [9.17, 15) is 17.6 Å². The first kappa shape index (κ1) is 25.6. The van der Waals surface area contributed by atoms with Crippen molar-refractivity contribution in [2.45, 2.75) is 17.6 Å². The molecule has 180 valence electrons. The smallest absolute Gasteiger partial charge is 0.264 e. The number of hydrogen-bond donors (Lipinski definition) is 1. The number of ether oxygens (including phenoxy) is 1. The molecule has 0 atom stereocenters. The first-order valence-corrected chi connectivity index (χ1v) is 13.4. The first-order chi connectivity index (χ1) is 16.4. The Labute approximate surface area is 204 Å². The average Bonchev–Trinajstić information content (AvgIpc) is 2.84. The van der Waals surface area contributed by atoms with Crippen LogP contribution in [0.25, 0.3) is 0 Å². The minimum atomic E-state index is -4.02. The Kier molecular flexibility index (Phi) is 9.35. The van der Waals surface area contributed by atoms with Gasteiger partial charge in [-0.3, -0.25) is 9.10 Å². The van der Waals surface area contributed by atoms with E-state index in [2.05, 4.69) is 5.32 Å². The van der Waals surface area contributed by atoms with Gasteiger partial charge in [0.05, 0.1) is 17.2 Å². The van der Waals surface area contributed by atoms with E-state index in [0.717, 1.165) is 4.31 Å². The molecular formula is C25H27FN2O4S2. The van der Waals surface area contributed by atoms with Crippen molar-refractivity contribution in [2.24, 2.45) is 0 Å². The molecule has 0 heterocycles. The number of carbonyl (C=O) groups is 1. The van der Waals surface area contributed by atoms with Gasteiger partial charge in [0, 0.05) is 18.1 Å². The molecule has 1 N–H and O–H groups in total. The molecule has 0 aliphatic heterocycles. The fourth-order valence-corrected chi connectivity index (χ4v) is 5.50. The van der Waals surface area contributed by atoms with Crippen LogP contribution in [0.15, 0.2) is 83.8 Å². The van der Waals surface area contributed by atoms with E-state index in [0.29, 0.717) is 36.0 Å². The van der Waals surface area contributed by atoms with E-state index in [-0.39, 0.29) is 16.4 Å². The zero-order chi connectivity index (χ0) is 24.4. The SMILES string of the molecule is CCOc1ccccc1N(CC(=O)NCCSCc1ccccc1F)S(=O)(=O)c1ccccc1. The van der Waals surface area contributed by atoms with Crippen molar-refractivity contribution in [3.63, 3.8) is 0 Å². The van der Waals surface area contributed by atoms with Crippen molar-refractivity contribution >= 4 is 33.4 Å². The van der Waals surface area contributed by atoms with E-state index in [1.165, 1.54) is 30.0 Å². The molecule has 1 amide bonds. The Morgan fingerprint density at radius 1 is 1.00 bits per heavy atom. The predicted molar refractivity (Wildman–Crippen MR) is 134 cm³/mol. The standard InChI is InChI=1S/C25H27FN2O4S2/c1-2-32-24-15-9-8-14-23(24)28(34(30,31)21-11-4-3-5-12-21)18-25(29)27-16-17-33-19-20-10-6-7-13-22(20)26/h3-15H,2,16-19H2,1H3,(H,27,29). The molecule has 0 spiro atoms. The summed E-state index contributed by atoms with van der Waals surface area (Å²) in [6, 6.07) is 21.3. The number of para-hydroxylation sites is 2. The van der Waals surface area contributed by atoms with Crippen molar-refractivity contribution in [3.05, 3.63) is 90.2 Å². The van der Waals surface area contributed by atoms with Gasteiger partial charge < -0.3 is 10.1 Å². The van der Waals surface area contributed by atoms with E-state index in [1.807, 2.05) is 0 Å². The van der Waals surface area contributed by atoms with Gasteiger partial charge in [-0.15, -0.1) is 0 Å². The monoisotopic (exact) mass is 502 g/mol. The van der Waals surface area contributed by atoms with Crippen LogP contribution in [-0.4, -0.2) is 39.8 Å². The zero-order valence-corrected chi connectivity index (χ0v) is 20.4. The van der Waals surface area contributed by atoms with Crippen LogP contribution in [0.1, 0.15) is 12.5 Å². The van der Waals surface area contributed by atoms with E-state index < -0.39 is 22.5 Å². The maximum Gasteiger partial charge on any atom is 0.264 e. The van der Waals surface area contributed by atoms with Gasteiger partial charge in [0.15, 0.2) is 0 Å². The maximum atomic E-state index is 13.7. The Morgan fingerprint density at radius 3 is 2.41 bits per heavy atom. The molecule has 0 radical (unpaired) electrons. The topological polar surface area (TPSA) is 75.7 Å². The number of rotatable bonds is 12. The number of carbonyl (C=O) groups excluding carboxylic acids is 1. The Morgan fingerprint density at radius 2 is 1.68 bits per heavy atom. The minimum Gasteiger partial charge on any atom is -0.492 e. The number of sulfonamides is 1. The Hall–Kier alpha value is -3.04. The number of amides is 1. The molecule has 0 saturated heterocycles. The molecule has 0 fully saturated rings. The maximum absolute atomic E-state index is 13.7. The summed E-state index contributed by atoms with van der Waals surface area (Å²) in [5.74, 6) is 0.712. The van der Waals surface area contributed by atoms with Gasteiger partial charge in [0.2, 0.25) is 5.91 Å². The van der Waals surface area contributed by atoms with Gasteiger partial charge in [-0.1, -0.05) is 48.5 Å². The highest BCUT2D eigenvalue weighted by molar-refractivity contribution is 7.98. The molecule has 3 aromatic carbocycles. The summed E-state index contributed by atoms with van der Waals surface area (Å²) >= 11 is 1.48. The van der Waals surface area contributed by atoms with Crippen molar-refractivity contribution in [2.75, 3.05) is 29.8 Å². The summed E-state index contributed by atoms with van der Waals surface area (Å²) in [5.41, 5.74) is 0.892. The van der Waals surface area contributed by atoms with Gasteiger partial charge in [0.1, 0.15) is 18.1 Å². The lowest BCUT2D eigenvalue weighted by Crippen LogP contribution is -2.41. The molecule has 9 heteroatoms. The molecule has 0 unspecified atom stereocenters. The third-order valence-corrected chi connectivity index (χ3v) is 7.62. The number of halogens is 1. The molecule has 3 aromatic rings. The van der Waals surface area contributed by atoms with Crippen LogP contribution in [0.4, 0.5) is 10.1 Å². The van der Waals surface area contributed by atoms with Crippen LogP contribution in [-0.2, 0) is 20.6 Å². The van der Waals surface area contributed by atoms with E-state index in [1.54, 1.807) is 67.6 Å². The highest BCUT2D eigenvalue weighted by Gasteiger charge is 2.29. The summed E-state index contributed by atoms with van der Waals surface area (Å²) in [7, 11) is -4.02.